The summed E-state index contributed by atoms with van der Waals surface area (Å²) in [5, 5.41) is 0.887. The second-order valence-electron chi connectivity index (χ2n) is 8.66. The van der Waals surface area contributed by atoms with Gasteiger partial charge in [-0.25, -0.2) is 9.37 Å². The van der Waals surface area contributed by atoms with E-state index >= 15 is 0 Å². The predicted molar refractivity (Wildman–Crippen MR) is 126 cm³/mol. The second-order valence-corrected chi connectivity index (χ2v) is 8.66. The Labute approximate surface area is 192 Å². The van der Waals surface area contributed by atoms with E-state index in [1.165, 1.54) is 6.07 Å². The number of fused-ring (bicyclic) bond motifs is 1. The van der Waals surface area contributed by atoms with Gasteiger partial charge < -0.3 is 25.0 Å². The summed E-state index contributed by atoms with van der Waals surface area (Å²) in [4.78, 5) is 19.2. The number of ether oxygens (including phenoxy) is 2. The van der Waals surface area contributed by atoms with Crippen molar-refractivity contribution in [2.75, 3.05) is 49.3 Å². The zero-order valence-corrected chi connectivity index (χ0v) is 19.0. The normalized spacial score (nSPS) is 21.6. The van der Waals surface area contributed by atoms with Crippen molar-refractivity contribution in [2.24, 2.45) is 5.73 Å². The summed E-state index contributed by atoms with van der Waals surface area (Å²) in [6.07, 6.45) is 0. The quantitative estimate of drug-likeness (QED) is 0.646. The molecule has 2 aromatic heterocycles. The van der Waals surface area contributed by atoms with Crippen LogP contribution in [-0.4, -0.2) is 66.6 Å². The van der Waals surface area contributed by atoms with Crippen LogP contribution < -0.4 is 15.5 Å². The lowest BCUT2D eigenvalue weighted by molar-refractivity contribution is 0.0973. The van der Waals surface area contributed by atoms with Gasteiger partial charge in [-0.05, 0) is 44.2 Å². The Hall–Kier alpha value is -2.88. The van der Waals surface area contributed by atoms with Crippen molar-refractivity contribution in [3.63, 3.8) is 0 Å². The van der Waals surface area contributed by atoms with Gasteiger partial charge in [-0.3, -0.25) is 0 Å². The largest absolute Gasteiger partial charge is 0.377 e. The monoisotopic (exact) mass is 452 g/mol. The highest BCUT2D eigenvalue weighted by atomic mass is 19.1. The summed E-state index contributed by atoms with van der Waals surface area (Å²) < 4.78 is 25.2. The summed E-state index contributed by atoms with van der Waals surface area (Å²) in [6, 6.07) is 9.21. The molecule has 2 saturated heterocycles. The van der Waals surface area contributed by atoms with Gasteiger partial charge in [0.15, 0.2) is 5.65 Å². The van der Waals surface area contributed by atoms with E-state index in [1.807, 2.05) is 12.1 Å². The minimum Gasteiger partial charge on any atom is -0.377 e. The molecule has 5 rings (SSSR count). The summed E-state index contributed by atoms with van der Waals surface area (Å²) in [7, 11) is 0. The van der Waals surface area contributed by atoms with Crippen LogP contribution in [0.1, 0.15) is 19.4 Å². The summed E-state index contributed by atoms with van der Waals surface area (Å²) >= 11 is 0. The second kappa shape index (κ2) is 9.17. The maximum atomic E-state index is 14.0. The topological polar surface area (TPSA) is 89.6 Å². The first-order valence-electron chi connectivity index (χ1n) is 11.4. The number of hydrogen-bond acceptors (Lipinski definition) is 8. The van der Waals surface area contributed by atoms with E-state index in [0.29, 0.717) is 43.6 Å². The Balaban J connectivity index is 1.65. The number of nitrogens with zero attached hydrogens (tertiary/aromatic N) is 5. The first-order valence-corrected chi connectivity index (χ1v) is 11.4. The third-order valence-electron chi connectivity index (χ3n) is 6.35. The molecule has 0 amide bonds. The number of halogens is 1. The fraction of sp³-hybridized carbons (Fsp3) is 0.458. The van der Waals surface area contributed by atoms with Gasteiger partial charge in [0, 0.05) is 30.8 Å². The smallest absolute Gasteiger partial charge is 0.229 e. The van der Waals surface area contributed by atoms with Crippen LogP contribution in [0.15, 0.2) is 30.3 Å². The van der Waals surface area contributed by atoms with Gasteiger partial charge in [0.05, 0.1) is 49.6 Å². The molecule has 9 heteroatoms. The Morgan fingerprint density at radius 1 is 0.970 bits per heavy atom. The van der Waals surface area contributed by atoms with Gasteiger partial charge in [0.25, 0.3) is 0 Å². The first-order chi connectivity index (χ1) is 16.0. The lowest BCUT2D eigenvalue weighted by Gasteiger charge is -2.37. The van der Waals surface area contributed by atoms with Crippen molar-refractivity contribution in [3.8, 4) is 11.3 Å². The molecular weight excluding hydrogens is 423 g/mol. The molecule has 174 valence electrons. The highest BCUT2D eigenvalue weighted by Crippen LogP contribution is 2.31. The number of rotatable bonds is 4. The molecule has 0 spiro atoms. The van der Waals surface area contributed by atoms with Gasteiger partial charge in [-0.15, -0.1) is 0 Å². The molecule has 0 saturated carbocycles. The maximum Gasteiger partial charge on any atom is 0.229 e. The number of anilines is 2. The van der Waals surface area contributed by atoms with E-state index in [0.717, 1.165) is 35.6 Å². The minimum atomic E-state index is -0.309. The van der Waals surface area contributed by atoms with E-state index < -0.39 is 0 Å². The van der Waals surface area contributed by atoms with Gasteiger partial charge in [-0.1, -0.05) is 0 Å². The van der Waals surface area contributed by atoms with Gasteiger partial charge in [0.1, 0.15) is 11.6 Å². The number of hydrogen-bond donors (Lipinski definition) is 1. The number of nitrogens with two attached hydrogens (primary N) is 1. The number of morpholine rings is 2. The molecule has 2 fully saturated rings. The molecule has 2 aliphatic heterocycles. The summed E-state index contributed by atoms with van der Waals surface area (Å²) in [5.41, 5.74) is 8.31. The molecule has 8 nitrogen and oxygen atoms in total. The minimum absolute atomic E-state index is 0.132. The molecule has 2 atom stereocenters. The predicted octanol–water partition coefficient (Wildman–Crippen LogP) is 2.74. The highest BCUT2D eigenvalue weighted by Gasteiger charge is 2.27. The van der Waals surface area contributed by atoms with Crippen LogP contribution >= 0.6 is 0 Å². The molecule has 0 radical (unpaired) electrons. The summed E-state index contributed by atoms with van der Waals surface area (Å²) in [6.45, 7) is 8.44. The molecule has 1 unspecified atom stereocenters. The molecular formula is C24H29FN6O2. The molecule has 33 heavy (non-hydrogen) atoms. The standard InChI is InChI=1S/C24H29FN6O2/c1-15-13-32-9-7-30(15)23-19-4-6-21(17-3-5-20(25)18(11-17)12-26)27-22(19)28-24(29-23)31-8-10-33-14-16(31)2/h3-6,11,15-16H,7-10,12-14,26H2,1-2H3/t15-,16?/m0/s1. The van der Waals surface area contributed by atoms with Crippen molar-refractivity contribution in [1.82, 2.24) is 15.0 Å². The molecule has 4 heterocycles. The Kier molecular flexibility index (Phi) is 6.09. The van der Waals surface area contributed by atoms with Gasteiger partial charge in [0.2, 0.25) is 5.95 Å². The van der Waals surface area contributed by atoms with E-state index in [1.54, 1.807) is 12.1 Å². The molecule has 0 aliphatic carbocycles. The number of pyridine rings is 1. The van der Waals surface area contributed by atoms with Crippen molar-refractivity contribution >= 4 is 22.8 Å². The average molecular weight is 453 g/mol. The van der Waals surface area contributed by atoms with E-state index in [9.17, 15) is 4.39 Å². The zero-order chi connectivity index (χ0) is 22.9. The van der Waals surface area contributed by atoms with Gasteiger partial charge in [-0.2, -0.15) is 9.97 Å². The fourth-order valence-corrected chi connectivity index (χ4v) is 4.45. The Bertz CT molecular complexity index is 1160. The third-order valence-corrected chi connectivity index (χ3v) is 6.35. The number of aromatic nitrogens is 3. The summed E-state index contributed by atoms with van der Waals surface area (Å²) in [5.74, 6) is 1.21. The van der Waals surface area contributed by atoms with Crippen LogP contribution in [0.25, 0.3) is 22.3 Å². The van der Waals surface area contributed by atoms with Crippen LogP contribution in [-0.2, 0) is 16.0 Å². The van der Waals surface area contributed by atoms with E-state index in [4.69, 9.17) is 30.2 Å². The first kappa shape index (κ1) is 21.9. The van der Waals surface area contributed by atoms with Crippen LogP contribution in [0.2, 0.25) is 0 Å². The number of benzene rings is 1. The maximum absolute atomic E-state index is 14.0. The molecule has 2 N–H and O–H groups in total. The zero-order valence-electron chi connectivity index (χ0n) is 19.0. The van der Waals surface area contributed by atoms with Crippen molar-refractivity contribution < 1.29 is 13.9 Å². The van der Waals surface area contributed by atoms with Crippen LogP contribution in [0, 0.1) is 5.82 Å². The Morgan fingerprint density at radius 3 is 2.39 bits per heavy atom. The third kappa shape index (κ3) is 4.23. The van der Waals surface area contributed by atoms with E-state index in [-0.39, 0.29) is 24.4 Å². The van der Waals surface area contributed by atoms with E-state index in [2.05, 4.69) is 23.6 Å². The van der Waals surface area contributed by atoms with Crippen molar-refractivity contribution in [2.45, 2.75) is 32.5 Å². The van der Waals surface area contributed by atoms with Crippen LogP contribution in [0.3, 0.4) is 0 Å². The van der Waals surface area contributed by atoms with Crippen LogP contribution in [0.5, 0.6) is 0 Å². The lowest BCUT2D eigenvalue weighted by atomic mass is 10.1. The lowest BCUT2D eigenvalue weighted by Crippen LogP contribution is -2.46. The van der Waals surface area contributed by atoms with Crippen LogP contribution in [0.4, 0.5) is 16.2 Å². The fourth-order valence-electron chi connectivity index (χ4n) is 4.45. The Morgan fingerprint density at radius 2 is 1.70 bits per heavy atom. The highest BCUT2D eigenvalue weighted by molar-refractivity contribution is 5.90. The molecule has 1 aromatic carbocycles. The molecule has 0 bridgehead atoms. The van der Waals surface area contributed by atoms with Crippen molar-refractivity contribution in [1.29, 1.82) is 0 Å². The SMILES string of the molecule is CC1COCCN1c1nc(N2CCOC[C@@H]2C)c2ccc(-c3ccc(F)c(CN)c3)nc2n1. The molecule has 3 aromatic rings. The molecule has 2 aliphatic rings. The van der Waals surface area contributed by atoms with Crippen molar-refractivity contribution in [3.05, 3.63) is 41.7 Å². The average Bonchev–Trinajstić information content (AvgIpc) is 2.84. The van der Waals surface area contributed by atoms with Gasteiger partial charge >= 0.3 is 0 Å².